The summed E-state index contributed by atoms with van der Waals surface area (Å²) < 4.78 is 5.42. The maximum Gasteiger partial charge on any atom is 0.306 e. The number of halogens is 1. The number of hydrogen-bond acceptors (Lipinski definition) is 3. The van der Waals surface area contributed by atoms with Crippen LogP contribution in [0.25, 0.3) is 0 Å². The summed E-state index contributed by atoms with van der Waals surface area (Å²) in [6.45, 7) is 1.76. The molecule has 2 rings (SSSR count). The predicted octanol–water partition coefficient (Wildman–Crippen LogP) is 2.45. The minimum Gasteiger partial charge on any atom is -0.462 e. The molecule has 0 heterocycles. The predicted molar refractivity (Wildman–Crippen MR) is 95.1 cm³/mol. The van der Waals surface area contributed by atoms with E-state index in [1.54, 1.807) is 7.05 Å². The molecule has 0 aromatic heterocycles. The van der Waals surface area contributed by atoms with Crippen molar-refractivity contribution in [3.8, 4) is 0 Å². The standard InChI is InChI=1S/C15H27N3O2.HI/c1-16-15(18-11-12-8-9-12)17-10-4-7-14(19)20-13-5-2-3-6-13;/h12-13H,2-11H2,1H3,(H2,16,17,18);1H. The normalized spacial score (nSPS) is 19.0. The van der Waals surface area contributed by atoms with E-state index in [2.05, 4.69) is 15.6 Å². The zero-order valence-corrected chi connectivity index (χ0v) is 15.2. The average Bonchev–Trinajstić information content (AvgIpc) is 3.14. The Morgan fingerprint density at radius 3 is 2.52 bits per heavy atom. The summed E-state index contributed by atoms with van der Waals surface area (Å²) >= 11 is 0. The summed E-state index contributed by atoms with van der Waals surface area (Å²) in [4.78, 5) is 15.8. The van der Waals surface area contributed by atoms with Crippen LogP contribution in [0, 0.1) is 5.92 Å². The smallest absolute Gasteiger partial charge is 0.306 e. The summed E-state index contributed by atoms with van der Waals surface area (Å²) in [7, 11) is 1.77. The molecule has 0 atom stereocenters. The van der Waals surface area contributed by atoms with Gasteiger partial charge < -0.3 is 15.4 Å². The molecule has 122 valence electrons. The first-order chi connectivity index (χ1) is 9.78. The first kappa shape index (κ1) is 18.5. The van der Waals surface area contributed by atoms with E-state index < -0.39 is 0 Å². The van der Waals surface area contributed by atoms with Crippen LogP contribution in [0.15, 0.2) is 4.99 Å². The van der Waals surface area contributed by atoms with Crippen LogP contribution >= 0.6 is 24.0 Å². The topological polar surface area (TPSA) is 62.7 Å². The van der Waals surface area contributed by atoms with E-state index >= 15 is 0 Å². The molecule has 0 radical (unpaired) electrons. The van der Waals surface area contributed by atoms with E-state index in [-0.39, 0.29) is 36.0 Å². The minimum absolute atomic E-state index is 0. The number of esters is 1. The molecule has 0 amide bonds. The third-order valence-electron chi connectivity index (χ3n) is 3.93. The van der Waals surface area contributed by atoms with E-state index in [9.17, 15) is 4.79 Å². The molecule has 0 aromatic rings. The molecule has 21 heavy (non-hydrogen) atoms. The Hall–Kier alpha value is -0.530. The number of guanidine groups is 1. The van der Waals surface area contributed by atoms with Gasteiger partial charge in [0, 0.05) is 26.6 Å². The lowest BCUT2D eigenvalue weighted by molar-refractivity contribution is -0.148. The summed E-state index contributed by atoms with van der Waals surface area (Å²) in [5.41, 5.74) is 0. The molecule has 6 heteroatoms. The number of nitrogens with one attached hydrogen (secondary N) is 2. The summed E-state index contributed by atoms with van der Waals surface area (Å²) in [5.74, 6) is 1.61. The number of ether oxygens (including phenoxy) is 1. The Bertz CT molecular complexity index is 340. The molecule has 2 saturated carbocycles. The van der Waals surface area contributed by atoms with Crippen LogP contribution in [0.5, 0.6) is 0 Å². The van der Waals surface area contributed by atoms with Crippen LogP contribution in [-0.4, -0.2) is 38.2 Å². The van der Waals surface area contributed by atoms with Crippen molar-refractivity contribution in [2.75, 3.05) is 20.1 Å². The molecule has 2 aliphatic rings. The van der Waals surface area contributed by atoms with E-state index in [0.29, 0.717) is 6.42 Å². The van der Waals surface area contributed by atoms with Crippen molar-refractivity contribution in [1.82, 2.24) is 10.6 Å². The largest absolute Gasteiger partial charge is 0.462 e. The SMILES string of the molecule is CN=C(NCCCC(=O)OC1CCCC1)NCC1CC1.I. The van der Waals surface area contributed by atoms with Crippen molar-refractivity contribution in [3.63, 3.8) is 0 Å². The summed E-state index contributed by atoms with van der Waals surface area (Å²) in [6.07, 6.45) is 8.60. The van der Waals surface area contributed by atoms with E-state index in [1.807, 2.05) is 0 Å². The molecule has 2 N–H and O–H groups in total. The molecule has 5 nitrogen and oxygen atoms in total. The van der Waals surface area contributed by atoms with Gasteiger partial charge in [-0.15, -0.1) is 24.0 Å². The lowest BCUT2D eigenvalue weighted by Crippen LogP contribution is -2.38. The summed E-state index contributed by atoms with van der Waals surface area (Å²) in [5, 5.41) is 6.53. The van der Waals surface area contributed by atoms with Gasteiger partial charge in [0.15, 0.2) is 5.96 Å². The van der Waals surface area contributed by atoms with Gasteiger partial charge in [0.05, 0.1) is 0 Å². The van der Waals surface area contributed by atoms with Crippen molar-refractivity contribution < 1.29 is 9.53 Å². The van der Waals surface area contributed by atoms with Crippen molar-refractivity contribution in [1.29, 1.82) is 0 Å². The minimum atomic E-state index is -0.0559. The van der Waals surface area contributed by atoms with Crippen LogP contribution < -0.4 is 10.6 Å². The van der Waals surface area contributed by atoms with Crippen molar-refractivity contribution in [3.05, 3.63) is 0 Å². The highest BCUT2D eigenvalue weighted by atomic mass is 127. The zero-order valence-electron chi connectivity index (χ0n) is 12.9. The number of aliphatic imine (C=N–C) groups is 1. The number of carbonyl (C=O) groups is 1. The lowest BCUT2D eigenvalue weighted by atomic mass is 10.3. The number of hydrogen-bond donors (Lipinski definition) is 2. The Morgan fingerprint density at radius 2 is 1.90 bits per heavy atom. The first-order valence-electron chi connectivity index (χ1n) is 7.92. The number of nitrogens with zero attached hydrogens (tertiary/aromatic N) is 1. The molecule has 0 saturated heterocycles. The van der Waals surface area contributed by atoms with E-state index in [0.717, 1.165) is 44.2 Å². The average molecular weight is 409 g/mol. The Labute approximate surface area is 144 Å². The van der Waals surface area contributed by atoms with Gasteiger partial charge in [0.1, 0.15) is 6.10 Å². The van der Waals surface area contributed by atoms with Crippen LogP contribution in [0.3, 0.4) is 0 Å². The molecule has 0 bridgehead atoms. The first-order valence-corrected chi connectivity index (χ1v) is 7.92. The van der Waals surface area contributed by atoms with E-state index in [4.69, 9.17) is 4.74 Å². The maximum atomic E-state index is 11.6. The van der Waals surface area contributed by atoms with Crippen LogP contribution in [0.4, 0.5) is 0 Å². The number of rotatable bonds is 7. The third-order valence-corrected chi connectivity index (χ3v) is 3.93. The second-order valence-electron chi connectivity index (χ2n) is 5.82. The van der Waals surface area contributed by atoms with Gasteiger partial charge in [-0.25, -0.2) is 0 Å². The highest BCUT2D eigenvalue weighted by molar-refractivity contribution is 14.0. The molecule has 0 aromatic carbocycles. The Balaban J connectivity index is 0.00000220. The molecular formula is C15H28IN3O2. The monoisotopic (exact) mass is 409 g/mol. The van der Waals surface area contributed by atoms with Crippen LogP contribution in [-0.2, 0) is 9.53 Å². The van der Waals surface area contributed by atoms with E-state index in [1.165, 1.54) is 25.7 Å². The van der Waals surface area contributed by atoms with Crippen molar-refractivity contribution in [2.24, 2.45) is 10.9 Å². The van der Waals surface area contributed by atoms with Crippen LogP contribution in [0.2, 0.25) is 0 Å². The quantitative estimate of drug-likeness (QED) is 0.223. The highest BCUT2D eigenvalue weighted by Gasteiger charge is 2.21. The molecule has 2 fully saturated rings. The Morgan fingerprint density at radius 1 is 1.19 bits per heavy atom. The van der Waals surface area contributed by atoms with Gasteiger partial charge in [0.25, 0.3) is 0 Å². The molecular weight excluding hydrogens is 381 g/mol. The van der Waals surface area contributed by atoms with Crippen molar-refractivity contribution in [2.45, 2.75) is 57.5 Å². The molecule has 0 aliphatic heterocycles. The van der Waals surface area contributed by atoms with Gasteiger partial charge >= 0.3 is 5.97 Å². The van der Waals surface area contributed by atoms with Gasteiger partial charge in [-0.2, -0.15) is 0 Å². The van der Waals surface area contributed by atoms with Gasteiger partial charge in [-0.05, 0) is 50.9 Å². The Kier molecular flexibility index (Phi) is 9.03. The molecule has 0 unspecified atom stereocenters. The fraction of sp³-hybridized carbons (Fsp3) is 0.867. The maximum absolute atomic E-state index is 11.6. The van der Waals surface area contributed by atoms with Gasteiger partial charge in [0.2, 0.25) is 0 Å². The second kappa shape index (κ2) is 10.2. The summed E-state index contributed by atoms with van der Waals surface area (Å²) in [6, 6.07) is 0. The van der Waals surface area contributed by atoms with Crippen molar-refractivity contribution >= 4 is 35.9 Å². The zero-order chi connectivity index (χ0) is 14.2. The number of carbonyl (C=O) groups excluding carboxylic acids is 1. The third kappa shape index (κ3) is 7.87. The lowest BCUT2D eigenvalue weighted by Gasteiger charge is -2.13. The molecule has 0 spiro atoms. The fourth-order valence-corrected chi connectivity index (χ4v) is 2.47. The molecule has 2 aliphatic carbocycles. The van der Waals surface area contributed by atoms with Crippen LogP contribution in [0.1, 0.15) is 51.4 Å². The second-order valence-corrected chi connectivity index (χ2v) is 5.82. The highest BCUT2D eigenvalue weighted by Crippen LogP contribution is 2.27. The fourth-order valence-electron chi connectivity index (χ4n) is 2.47. The van der Waals surface area contributed by atoms with Gasteiger partial charge in [-0.1, -0.05) is 0 Å². The van der Waals surface area contributed by atoms with Gasteiger partial charge in [-0.3, -0.25) is 9.79 Å².